The van der Waals surface area contributed by atoms with E-state index < -0.39 is 0 Å². The van der Waals surface area contributed by atoms with Gasteiger partial charge < -0.3 is 14.8 Å². The van der Waals surface area contributed by atoms with Gasteiger partial charge in [-0.2, -0.15) is 0 Å². The van der Waals surface area contributed by atoms with Crippen molar-refractivity contribution < 1.29 is 18.7 Å². The molecule has 162 valence electrons. The quantitative estimate of drug-likeness (QED) is 0.702. The summed E-state index contributed by atoms with van der Waals surface area (Å²) < 4.78 is 24.8. The number of halogens is 1. The maximum atomic E-state index is 13.8. The highest BCUT2D eigenvalue weighted by atomic mass is 19.1. The minimum Gasteiger partial charge on any atom is -0.493 e. The second-order valence-electron chi connectivity index (χ2n) is 7.64. The molecule has 2 aromatic rings. The molecule has 0 unspecified atom stereocenters. The molecule has 0 bridgehead atoms. The lowest BCUT2D eigenvalue weighted by molar-refractivity contribution is -0.122. The Morgan fingerprint density at radius 1 is 1.20 bits per heavy atom. The van der Waals surface area contributed by atoms with Gasteiger partial charge in [-0.15, -0.1) is 0 Å². The van der Waals surface area contributed by atoms with Crippen LogP contribution < -0.4 is 14.8 Å². The van der Waals surface area contributed by atoms with Crippen molar-refractivity contribution in [3.05, 3.63) is 58.9 Å². The van der Waals surface area contributed by atoms with Gasteiger partial charge in [0.15, 0.2) is 11.5 Å². The van der Waals surface area contributed by atoms with Crippen LogP contribution >= 0.6 is 0 Å². The number of nitrogens with zero attached hydrogens (tertiary/aromatic N) is 1. The molecular formula is C24H31FN2O3. The van der Waals surface area contributed by atoms with E-state index in [0.29, 0.717) is 24.5 Å². The van der Waals surface area contributed by atoms with Crippen molar-refractivity contribution in [2.75, 3.05) is 20.8 Å². The SMILES string of the molecule is CCC(=O)N[C@H](CC)[C@@H]1c2cc(OC)c(OC)cc2CCN1Cc1cccc(F)c1. The largest absolute Gasteiger partial charge is 0.493 e. The summed E-state index contributed by atoms with van der Waals surface area (Å²) in [6, 6.07) is 10.7. The highest BCUT2D eigenvalue weighted by molar-refractivity contribution is 5.76. The number of carbonyl (C=O) groups is 1. The van der Waals surface area contributed by atoms with Crippen molar-refractivity contribution >= 4 is 5.91 Å². The molecule has 1 N–H and O–H groups in total. The molecule has 0 saturated carbocycles. The van der Waals surface area contributed by atoms with Crippen LogP contribution in [0.5, 0.6) is 11.5 Å². The zero-order chi connectivity index (χ0) is 21.7. The Morgan fingerprint density at radius 2 is 1.93 bits per heavy atom. The molecule has 6 heteroatoms. The third kappa shape index (κ3) is 4.75. The van der Waals surface area contributed by atoms with Crippen LogP contribution in [0.25, 0.3) is 0 Å². The lowest BCUT2D eigenvalue weighted by Crippen LogP contribution is -2.48. The number of fused-ring (bicyclic) bond motifs is 1. The van der Waals surface area contributed by atoms with Crippen molar-refractivity contribution in [3.63, 3.8) is 0 Å². The maximum Gasteiger partial charge on any atom is 0.219 e. The zero-order valence-corrected chi connectivity index (χ0v) is 18.2. The summed E-state index contributed by atoms with van der Waals surface area (Å²) >= 11 is 0. The van der Waals surface area contributed by atoms with Crippen LogP contribution in [0.1, 0.15) is 49.4 Å². The number of amides is 1. The van der Waals surface area contributed by atoms with Gasteiger partial charge in [0.25, 0.3) is 0 Å². The minimum atomic E-state index is -0.237. The van der Waals surface area contributed by atoms with E-state index >= 15 is 0 Å². The summed E-state index contributed by atoms with van der Waals surface area (Å²) in [7, 11) is 3.26. The van der Waals surface area contributed by atoms with Crippen LogP contribution in [0, 0.1) is 5.82 Å². The molecule has 2 atom stereocenters. The molecule has 0 saturated heterocycles. The molecule has 0 aromatic heterocycles. The number of ether oxygens (including phenoxy) is 2. The Labute approximate surface area is 178 Å². The number of carbonyl (C=O) groups excluding carboxylic acids is 1. The summed E-state index contributed by atoms with van der Waals surface area (Å²) in [5.41, 5.74) is 3.23. The molecule has 1 heterocycles. The third-order valence-electron chi connectivity index (χ3n) is 5.79. The summed E-state index contributed by atoms with van der Waals surface area (Å²) in [4.78, 5) is 14.6. The fraction of sp³-hybridized carbons (Fsp3) is 0.458. The zero-order valence-electron chi connectivity index (χ0n) is 18.2. The number of hydrogen-bond acceptors (Lipinski definition) is 4. The lowest BCUT2D eigenvalue weighted by atomic mass is 9.86. The van der Waals surface area contributed by atoms with E-state index in [9.17, 15) is 9.18 Å². The average Bonchev–Trinajstić information content (AvgIpc) is 2.76. The van der Waals surface area contributed by atoms with E-state index in [1.165, 1.54) is 11.6 Å². The van der Waals surface area contributed by atoms with Gasteiger partial charge in [-0.25, -0.2) is 4.39 Å². The molecule has 3 rings (SSSR count). The monoisotopic (exact) mass is 414 g/mol. The topological polar surface area (TPSA) is 50.8 Å². The number of rotatable bonds is 8. The van der Waals surface area contributed by atoms with E-state index in [1.54, 1.807) is 26.4 Å². The molecule has 30 heavy (non-hydrogen) atoms. The van der Waals surface area contributed by atoms with Crippen LogP contribution in [0.15, 0.2) is 36.4 Å². The Balaban J connectivity index is 2.03. The van der Waals surface area contributed by atoms with Crippen molar-refractivity contribution in [2.24, 2.45) is 0 Å². The van der Waals surface area contributed by atoms with E-state index in [4.69, 9.17) is 9.47 Å². The van der Waals surface area contributed by atoms with Crippen molar-refractivity contribution in [1.29, 1.82) is 0 Å². The molecule has 0 fully saturated rings. The van der Waals surface area contributed by atoms with Crippen LogP contribution in [0.2, 0.25) is 0 Å². The molecule has 0 spiro atoms. The fourth-order valence-corrected chi connectivity index (χ4v) is 4.26. The first-order valence-electron chi connectivity index (χ1n) is 10.5. The highest BCUT2D eigenvalue weighted by Crippen LogP contribution is 2.40. The van der Waals surface area contributed by atoms with Gasteiger partial charge in [-0.05, 0) is 53.8 Å². The maximum absolute atomic E-state index is 13.8. The molecule has 0 radical (unpaired) electrons. The van der Waals surface area contributed by atoms with E-state index in [1.807, 2.05) is 25.1 Å². The van der Waals surface area contributed by atoms with Gasteiger partial charge in [0.1, 0.15) is 5.82 Å². The summed E-state index contributed by atoms with van der Waals surface area (Å²) in [5, 5.41) is 3.19. The Hall–Kier alpha value is -2.60. The third-order valence-corrected chi connectivity index (χ3v) is 5.79. The van der Waals surface area contributed by atoms with Crippen LogP contribution in [-0.2, 0) is 17.8 Å². The smallest absolute Gasteiger partial charge is 0.219 e. The van der Waals surface area contributed by atoms with Crippen LogP contribution in [-0.4, -0.2) is 37.6 Å². The van der Waals surface area contributed by atoms with Crippen molar-refractivity contribution in [1.82, 2.24) is 10.2 Å². The Kier molecular flexibility index (Phi) is 7.32. The Morgan fingerprint density at radius 3 is 2.57 bits per heavy atom. The molecule has 0 aliphatic carbocycles. The number of benzene rings is 2. The number of hydrogen-bond donors (Lipinski definition) is 1. The molecule has 1 amide bonds. The van der Waals surface area contributed by atoms with E-state index in [-0.39, 0.29) is 23.8 Å². The second-order valence-corrected chi connectivity index (χ2v) is 7.64. The first-order chi connectivity index (χ1) is 14.5. The minimum absolute atomic E-state index is 0.0279. The van der Waals surface area contributed by atoms with Gasteiger partial charge in [0.2, 0.25) is 5.91 Å². The van der Waals surface area contributed by atoms with E-state index in [0.717, 1.165) is 30.5 Å². The predicted octanol–water partition coefficient (Wildman–Crippen LogP) is 4.25. The summed E-state index contributed by atoms with van der Waals surface area (Å²) in [5.74, 6) is 1.17. The molecule has 5 nitrogen and oxygen atoms in total. The van der Waals surface area contributed by atoms with Gasteiger partial charge in [0, 0.05) is 25.6 Å². The van der Waals surface area contributed by atoms with E-state index in [2.05, 4.69) is 17.1 Å². The molecule has 1 aliphatic heterocycles. The average molecular weight is 415 g/mol. The van der Waals surface area contributed by atoms with Gasteiger partial charge in [-0.1, -0.05) is 26.0 Å². The first-order valence-corrected chi connectivity index (χ1v) is 10.5. The fourth-order valence-electron chi connectivity index (χ4n) is 4.26. The summed E-state index contributed by atoms with van der Waals surface area (Å²) in [6.45, 7) is 5.35. The predicted molar refractivity (Wildman–Crippen MR) is 115 cm³/mol. The molecular weight excluding hydrogens is 383 g/mol. The van der Waals surface area contributed by atoms with Crippen molar-refractivity contribution in [3.8, 4) is 11.5 Å². The van der Waals surface area contributed by atoms with Crippen molar-refractivity contribution in [2.45, 2.75) is 51.7 Å². The molecule has 2 aromatic carbocycles. The number of methoxy groups -OCH3 is 2. The molecule has 1 aliphatic rings. The summed E-state index contributed by atoms with van der Waals surface area (Å²) in [6.07, 6.45) is 2.06. The number of nitrogens with one attached hydrogen (secondary N) is 1. The second kappa shape index (κ2) is 9.94. The standard InChI is InChI=1S/C24H31FN2O3/c1-5-20(26-23(28)6-2)24-19-14-22(30-4)21(29-3)13-17(19)10-11-27(24)15-16-8-7-9-18(25)12-16/h7-9,12-14,20,24H,5-6,10-11,15H2,1-4H3,(H,26,28)/t20-,24+/m1/s1. The van der Waals surface area contributed by atoms with Crippen LogP contribution in [0.4, 0.5) is 4.39 Å². The lowest BCUT2D eigenvalue weighted by Gasteiger charge is -2.42. The van der Waals surface area contributed by atoms with Gasteiger partial charge in [-0.3, -0.25) is 9.69 Å². The first kappa shape index (κ1) is 22.1. The highest BCUT2D eigenvalue weighted by Gasteiger charge is 2.35. The normalized spacial score (nSPS) is 17.2. The Bertz CT molecular complexity index is 887. The van der Waals surface area contributed by atoms with Crippen LogP contribution in [0.3, 0.4) is 0 Å². The van der Waals surface area contributed by atoms with Gasteiger partial charge in [0.05, 0.1) is 20.3 Å². The van der Waals surface area contributed by atoms with Gasteiger partial charge >= 0.3 is 0 Å².